The molecule has 2 fully saturated rings. The van der Waals surface area contributed by atoms with E-state index in [0.717, 1.165) is 31.7 Å². The molecule has 1 aromatic heterocycles. The second-order valence-electron chi connectivity index (χ2n) is 8.12. The maximum absolute atomic E-state index is 12.9. The molecular formula is C23H28ClN3O3. The Kier molecular flexibility index (Phi) is 6.75. The van der Waals surface area contributed by atoms with Crippen molar-refractivity contribution >= 4 is 23.4 Å². The molecule has 3 heterocycles. The van der Waals surface area contributed by atoms with Gasteiger partial charge in [-0.1, -0.05) is 11.6 Å². The molecule has 2 amide bonds. The highest BCUT2D eigenvalue weighted by atomic mass is 35.5. The molecule has 0 bridgehead atoms. The zero-order valence-electron chi connectivity index (χ0n) is 17.1. The maximum Gasteiger partial charge on any atom is 0.253 e. The third-order valence-electron chi connectivity index (χ3n) is 6.09. The highest BCUT2D eigenvalue weighted by Crippen LogP contribution is 2.25. The van der Waals surface area contributed by atoms with Gasteiger partial charge >= 0.3 is 0 Å². The predicted octanol–water partition coefficient (Wildman–Crippen LogP) is 3.74. The van der Waals surface area contributed by atoms with Crippen LogP contribution in [0.4, 0.5) is 0 Å². The van der Waals surface area contributed by atoms with Crippen LogP contribution in [0.2, 0.25) is 5.02 Å². The fraction of sp³-hybridized carbons (Fsp3) is 0.478. The lowest BCUT2D eigenvalue weighted by atomic mass is 9.96. The summed E-state index contributed by atoms with van der Waals surface area (Å²) >= 11 is 5.92. The summed E-state index contributed by atoms with van der Waals surface area (Å²) in [5.41, 5.74) is 0.604. The zero-order chi connectivity index (χ0) is 20.9. The van der Waals surface area contributed by atoms with Crippen molar-refractivity contribution in [1.82, 2.24) is 15.1 Å². The molecule has 0 aliphatic carbocycles. The first-order chi connectivity index (χ1) is 14.6. The van der Waals surface area contributed by atoms with Gasteiger partial charge in [0.05, 0.1) is 18.2 Å². The van der Waals surface area contributed by atoms with E-state index >= 15 is 0 Å². The molecule has 2 aromatic rings. The Bertz CT molecular complexity index is 847. The van der Waals surface area contributed by atoms with Crippen LogP contribution in [0.15, 0.2) is 47.1 Å². The van der Waals surface area contributed by atoms with Crippen LogP contribution >= 0.6 is 11.6 Å². The number of rotatable bonds is 6. The van der Waals surface area contributed by atoms with Gasteiger partial charge in [-0.15, -0.1) is 0 Å². The molecule has 0 spiro atoms. The first-order valence-corrected chi connectivity index (χ1v) is 11.1. The van der Waals surface area contributed by atoms with E-state index in [4.69, 9.17) is 16.0 Å². The van der Waals surface area contributed by atoms with E-state index in [1.54, 1.807) is 35.4 Å². The third kappa shape index (κ3) is 4.87. The third-order valence-corrected chi connectivity index (χ3v) is 6.35. The second-order valence-corrected chi connectivity index (χ2v) is 8.55. The van der Waals surface area contributed by atoms with Crippen LogP contribution in [0.5, 0.6) is 0 Å². The Balaban J connectivity index is 1.35. The molecule has 1 N–H and O–H groups in total. The van der Waals surface area contributed by atoms with E-state index in [0.29, 0.717) is 30.2 Å². The van der Waals surface area contributed by atoms with Gasteiger partial charge in [-0.25, -0.2) is 0 Å². The molecule has 7 heteroatoms. The topological polar surface area (TPSA) is 65.8 Å². The second kappa shape index (κ2) is 9.67. The largest absolute Gasteiger partial charge is 0.468 e. The van der Waals surface area contributed by atoms with Gasteiger partial charge in [-0.2, -0.15) is 0 Å². The highest BCUT2D eigenvalue weighted by molar-refractivity contribution is 6.30. The lowest BCUT2D eigenvalue weighted by Gasteiger charge is -2.33. The maximum atomic E-state index is 12.9. The number of furan rings is 1. The number of nitrogens with one attached hydrogen (secondary N) is 1. The summed E-state index contributed by atoms with van der Waals surface area (Å²) in [4.78, 5) is 29.9. The smallest absolute Gasteiger partial charge is 0.253 e. The van der Waals surface area contributed by atoms with Crippen LogP contribution in [0.3, 0.4) is 0 Å². The van der Waals surface area contributed by atoms with Crippen molar-refractivity contribution in [3.8, 4) is 0 Å². The SMILES string of the molecule is O=C(NC[C@@H](c1ccco1)N1CCCC1)[C@H]1CCCN(C(=O)c2ccc(Cl)cc2)C1. The van der Waals surface area contributed by atoms with Crippen molar-refractivity contribution in [2.75, 3.05) is 32.7 Å². The fourth-order valence-corrected chi connectivity index (χ4v) is 4.56. The zero-order valence-corrected chi connectivity index (χ0v) is 17.8. The number of hydrogen-bond donors (Lipinski definition) is 1. The summed E-state index contributed by atoms with van der Waals surface area (Å²) in [6, 6.07) is 10.8. The summed E-state index contributed by atoms with van der Waals surface area (Å²) in [5, 5.41) is 3.73. The molecule has 0 saturated carbocycles. The normalized spacial score (nSPS) is 20.8. The predicted molar refractivity (Wildman–Crippen MR) is 115 cm³/mol. The Labute approximate surface area is 182 Å². The molecule has 2 aliphatic heterocycles. The van der Waals surface area contributed by atoms with Gasteiger partial charge in [-0.3, -0.25) is 14.5 Å². The Hall–Kier alpha value is -2.31. The van der Waals surface area contributed by atoms with E-state index in [9.17, 15) is 9.59 Å². The quantitative estimate of drug-likeness (QED) is 0.759. The van der Waals surface area contributed by atoms with E-state index in [1.807, 2.05) is 12.1 Å². The van der Waals surface area contributed by atoms with Gasteiger partial charge < -0.3 is 14.6 Å². The van der Waals surface area contributed by atoms with Crippen molar-refractivity contribution < 1.29 is 14.0 Å². The van der Waals surface area contributed by atoms with Crippen molar-refractivity contribution in [3.05, 3.63) is 59.0 Å². The molecule has 2 atom stereocenters. The monoisotopic (exact) mass is 429 g/mol. The number of carbonyl (C=O) groups is 2. The van der Waals surface area contributed by atoms with Gasteiger partial charge in [0, 0.05) is 30.2 Å². The molecule has 160 valence electrons. The van der Waals surface area contributed by atoms with Crippen LogP contribution in [0.25, 0.3) is 0 Å². The van der Waals surface area contributed by atoms with Crippen molar-refractivity contribution in [2.45, 2.75) is 31.7 Å². The number of hydrogen-bond acceptors (Lipinski definition) is 4. The van der Waals surface area contributed by atoms with Crippen LogP contribution in [0.1, 0.15) is 47.8 Å². The number of piperidine rings is 1. The first kappa shape index (κ1) is 20.9. The number of nitrogens with zero attached hydrogens (tertiary/aromatic N) is 2. The van der Waals surface area contributed by atoms with Gasteiger partial charge in [0.2, 0.25) is 5.91 Å². The average Bonchev–Trinajstić information content (AvgIpc) is 3.49. The van der Waals surface area contributed by atoms with Crippen LogP contribution in [-0.4, -0.2) is 54.3 Å². The molecule has 6 nitrogen and oxygen atoms in total. The van der Waals surface area contributed by atoms with Gasteiger partial charge in [0.25, 0.3) is 5.91 Å². The van der Waals surface area contributed by atoms with Crippen LogP contribution in [0, 0.1) is 5.92 Å². The molecule has 30 heavy (non-hydrogen) atoms. The first-order valence-electron chi connectivity index (χ1n) is 10.7. The standard InChI is InChI=1S/C23H28ClN3O3/c24-19-9-7-17(8-10-19)23(29)27-13-3-5-18(16-27)22(28)25-15-20(21-6-4-14-30-21)26-11-1-2-12-26/h4,6-10,14,18,20H,1-3,5,11-13,15-16H2,(H,25,28)/t18-,20-/m0/s1. The minimum absolute atomic E-state index is 0.0133. The summed E-state index contributed by atoms with van der Waals surface area (Å²) in [7, 11) is 0. The Morgan fingerprint density at radius 1 is 1.10 bits per heavy atom. The summed E-state index contributed by atoms with van der Waals surface area (Å²) in [6.07, 6.45) is 5.66. The van der Waals surface area contributed by atoms with Gasteiger partial charge in [0.1, 0.15) is 5.76 Å². The molecule has 2 saturated heterocycles. The van der Waals surface area contributed by atoms with Gasteiger partial charge in [-0.05, 0) is 75.2 Å². The molecular weight excluding hydrogens is 402 g/mol. The molecule has 0 radical (unpaired) electrons. The lowest BCUT2D eigenvalue weighted by Crippen LogP contribution is -2.47. The fourth-order valence-electron chi connectivity index (χ4n) is 4.44. The number of carbonyl (C=O) groups excluding carboxylic acids is 2. The summed E-state index contributed by atoms with van der Waals surface area (Å²) < 4.78 is 5.64. The molecule has 4 rings (SSSR count). The van der Waals surface area contributed by atoms with E-state index < -0.39 is 0 Å². The van der Waals surface area contributed by atoms with E-state index in [1.165, 1.54) is 12.8 Å². The molecule has 2 aliphatic rings. The van der Waals surface area contributed by atoms with Gasteiger partial charge in [0.15, 0.2) is 0 Å². The Morgan fingerprint density at radius 2 is 1.87 bits per heavy atom. The van der Waals surface area contributed by atoms with Crippen molar-refractivity contribution in [1.29, 1.82) is 0 Å². The molecule has 0 unspecified atom stereocenters. The lowest BCUT2D eigenvalue weighted by molar-refractivity contribution is -0.126. The van der Waals surface area contributed by atoms with Crippen molar-refractivity contribution in [2.24, 2.45) is 5.92 Å². The highest BCUT2D eigenvalue weighted by Gasteiger charge is 2.31. The van der Waals surface area contributed by atoms with Crippen LogP contribution < -0.4 is 5.32 Å². The van der Waals surface area contributed by atoms with Crippen molar-refractivity contribution in [3.63, 3.8) is 0 Å². The average molecular weight is 430 g/mol. The number of halogens is 1. The van der Waals surface area contributed by atoms with E-state index in [2.05, 4.69) is 10.2 Å². The minimum atomic E-state index is -0.189. The number of likely N-dealkylation sites (tertiary alicyclic amines) is 2. The van der Waals surface area contributed by atoms with Crippen LogP contribution in [-0.2, 0) is 4.79 Å². The molecule has 1 aromatic carbocycles. The summed E-state index contributed by atoms with van der Waals surface area (Å²) in [6.45, 7) is 3.69. The number of amides is 2. The minimum Gasteiger partial charge on any atom is -0.468 e. The summed E-state index contributed by atoms with van der Waals surface area (Å²) in [5.74, 6) is 0.667. The Morgan fingerprint density at radius 3 is 2.57 bits per heavy atom. The van der Waals surface area contributed by atoms with E-state index in [-0.39, 0.29) is 23.8 Å². The number of benzene rings is 1.